The van der Waals surface area contributed by atoms with E-state index in [9.17, 15) is 9.59 Å². The first kappa shape index (κ1) is 12.0. The number of halogens is 1. The van der Waals surface area contributed by atoms with Crippen LogP contribution in [0, 0.1) is 3.57 Å². The van der Waals surface area contributed by atoms with Crippen LogP contribution in [0.2, 0.25) is 0 Å². The molecule has 0 aromatic heterocycles. The van der Waals surface area contributed by atoms with E-state index in [1.165, 1.54) is 0 Å². The zero-order chi connectivity index (χ0) is 11.3. The molecule has 5 heteroatoms. The number of carbonyl (C=O) groups is 2. The molecule has 0 aliphatic carbocycles. The molecule has 0 atom stereocenters. The van der Waals surface area contributed by atoms with Gasteiger partial charge in [0, 0.05) is 0 Å². The Hall–Kier alpha value is -1.11. The molecule has 82 valence electrons. The van der Waals surface area contributed by atoms with Gasteiger partial charge in [0.15, 0.2) is 0 Å². The van der Waals surface area contributed by atoms with Crippen LogP contribution in [0.3, 0.4) is 0 Å². The Labute approximate surface area is 94.3 Å². The van der Waals surface area contributed by atoms with Crippen molar-refractivity contribution in [1.82, 2.24) is 0 Å². The molecule has 0 aliphatic rings. The molecule has 15 heavy (non-hydrogen) atoms. The summed E-state index contributed by atoms with van der Waals surface area (Å²) in [6, 6.07) is 9.08. The van der Waals surface area contributed by atoms with E-state index in [1.807, 2.05) is 30.3 Å². The fourth-order valence-corrected chi connectivity index (χ4v) is 5.23. The summed E-state index contributed by atoms with van der Waals surface area (Å²) in [5.74, 6) is -1.82. The average Bonchev–Trinajstić information content (AvgIpc) is 2.17. The summed E-state index contributed by atoms with van der Waals surface area (Å²) in [4.78, 5) is 21.2. The molecular formula is C10H11IO4. The molecule has 0 spiro atoms. The van der Waals surface area contributed by atoms with Crippen molar-refractivity contribution in [3.05, 3.63) is 33.9 Å². The molecular weight excluding hydrogens is 311 g/mol. The monoisotopic (exact) mass is 322 g/mol. The van der Waals surface area contributed by atoms with Crippen LogP contribution < -0.4 is 0 Å². The molecule has 0 aliphatic heterocycles. The van der Waals surface area contributed by atoms with Crippen LogP contribution in [0.4, 0.5) is 0 Å². The van der Waals surface area contributed by atoms with Crippen molar-refractivity contribution in [2.75, 3.05) is 8.86 Å². The molecule has 1 rings (SSSR count). The fraction of sp³-hybridized carbons (Fsp3) is 0.200. The number of carboxylic acids is 2. The topological polar surface area (TPSA) is 74.6 Å². The van der Waals surface area contributed by atoms with E-state index >= 15 is 0 Å². The van der Waals surface area contributed by atoms with E-state index < -0.39 is 31.8 Å². The Kier molecular flexibility index (Phi) is 4.54. The minimum atomic E-state index is -2.09. The van der Waals surface area contributed by atoms with E-state index in [0.29, 0.717) is 0 Å². The van der Waals surface area contributed by atoms with E-state index in [-0.39, 0.29) is 8.86 Å². The Balaban J connectivity index is 2.81. The molecule has 2 N–H and O–H groups in total. The average molecular weight is 322 g/mol. The van der Waals surface area contributed by atoms with Crippen LogP contribution in [0.25, 0.3) is 0 Å². The predicted octanol–water partition coefficient (Wildman–Crippen LogP) is 1.53. The van der Waals surface area contributed by atoms with Gasteiger partial charge >= 0.3 is 94.3 Å². The third-order valence-corrected chi connectivity index (χ3v) is 7.22. The van der Waals surface area contributed by atoms with Gasteiger partial charge in [-0.25, -0.2) is 0 Å². The summed E-state index contributed by atoms with van der Waals surface area (Å²) in [6.07, 6.45) is 0. The summed E-state index contributed by atoms with van der Waals surface area (Å²) >= 11 is -2.09. The molecule has 0 saturated heterocycles. The summed E-state index contributed by atoms with van der Waals surface area (Å²) in [7, 11) is 0. The standard InChI is InChI=1S/C10H11IO4/c12-9(13)6-11(7-10(14)15)8-4-2-1-3-5-8/h1-5H,6-7H2,(H,12,13)(H,14,15). The zero-order valence-corrected chi connectivity index (χ0v) is 10.0. The molecule has 1 aromatic rings. The van der Waals surface area contributed by atoms with Gasteiger partial charge in [0.05, 0.1) is 0 Å². The second-order valence-corrected chi connectivity index (χ2v) is 8.18. The first-order valence-corrected chi connectivity index (χ1v) is 8.33. The van der Waals surface area contributed by atoms with Crippen molar-refractivity contribution < 1.29 is 19.8 Å². The van der Waals surface area contributed by atoms with Gasteiger partial charge in [0.1, 0.15) is 0 Å². The second-order valence-electron chi connectivity index (χ2n) is 2.81. The van der Waals surface area contributed by atoms with Gasteiger partial charge in [0.25, 0.3) is 0 Å². The summed E-state index contributed by atoms with van der Waals surface area (Å²) in [6.45, 7) is 0. The van der Waals surface area contributed by atoms with Gasteiger partial charge in [-0.05, 0) is 0 Å². The van der Waals surface area contributed by atoms with Crippen molar-refractivity contribution >= 4 is 31.8 Å². The molecule has 0 heterocycles. The van der Waals surface area contributed by atoms with Gasteiger partial charge in [0.2, 0.25) is 0 Å². The molecule has 1 aromatic carbocycles. The Morgan fingerprint density at radius 1 is 1.00 bits per heavy atom. The maximum absolute atomic E-state index is 10.6. The molecule has 0 amide bonds. The van der Waals surface area contributed by atoms with Gasteiger partial charge in [-0.15, -0.1) is 0 Å². The van der Waals surface area contributed by atoms with Crippen LogP contribution >= 0.6 is 19.8 Å². The first-order chi connectivity index (χ1) is 7.09. The van der Waals surface area contributed by atoms with Gasteiger partial charge in [-0.1, -0.05) is 0 Å². The summed E-state index contributed by atoms with van der Waals surface area (Å²) < 4.78 is 0.909. The van der Waals surface area contributed by atoms with Crippen LogP contribution in [-0.4, -0.2) is 31.0 Å². The van der Waals surface area contributed by atoms with Gasteiger partial charge < -0.3 is 0 Å². The normalized spacial score (nSPS) is 10.8. The Bertz CT molecular complexity index is 334. The maximum atomic E-state index is 10.6. The Morgan fingerprint density at radius 3 is 1.87 bits per heavy atom. The van der Waals surface area contributed by atoms with Gasteiger partial charge in [-0.2, -0.15) is 0 Å². The van der Waals surface area contributed by atoms with Gasteiger partial charge in [-0.3, -0.25) is 0 Å². The van der Waals surface area contributed by atoms with Crippen molar-refractivity contribution in [3.8, 4) is 0 Å². The van der Waals surface area contributed by atoms with Crippen molar-refractivity contribution in [3.63, 3.8) is 0 Å². The Morgan fingerprint density at radius 2 is 1.47 bits per heavy atom. The fourth-order valence-electron chi connectivity index (χ4n) is 1.07. The summed E-state index contributed by atoms with van der Waals surface area (Å²) in [5, 5.41) is 17.4. The van der Waals surface area contributed by atoms with Crippen LogP contribution in [0.15, 0.2) is 30.3 Å². The van der Waals surface area contributed by atoms with Crippen LogP contribution in [0.1, 0.15) is 0 Å². The number of hydrogen-bond acceptors (Lipinski definition) is 2. The van der Waals surface area contributed by atoms with E-state index in [1.54, 1.807) is 0 Å². The molecule has 4 nitrogen and oxygen atoms in total. The predicted molar refractivity (Wildman–Crippen MR) is 64.2 cm³/mol. The molecule has 0 saturated carbocycles. The number of benzene rings is 1. The molecule has 0 fully saturated rings. The first-order valence-electron chi connectivity index (χ1n) is 4.20. The van der Waals surface area contributed by atoms with Crippen LogP contribution in [-0.2, 0) is 9.59 Å². The SMILES string of the molecule is O=C(O)CI(CC(=O)O)c1ccccc1. The quantitative estimate of drug-likeness (QED) is 0.637. The van der Waals surface area contributed by atoms with Crippen LogP contribution in [0.5, 0.6) is 0 Å². The van der Waals surface area contributed by atoms with E-state index in [0.717, 1.165) is 3.57 Å². The van der Waals surface area contributed by atoms with Crippen molar-refractivity contribution in [2.24, 2.45) is 0 Å². The van der Waals surface area contributed by atoms with Crippen molar-refractivity contribution in [1.29, 1.82) is 0 Å². The zero-order valence-electron chi connectivity index (χ0n) is 7.89. The number of aliphatic carboxylic acids is 2. The number of hydrogen-bond donors (Lipinski definition) is 2. The molecule has 0 bridgehead atoms. The third kappa shape index (κ3) is 4.28. The number of alkyl halides is 2. The third-order valence-electron chi connectivity index (χ3n) is 1.59. The number of carboxylic acid groups (broad SMARTS) is 2. The van der Waals surface area contributed by atoms with E-state index in [2.05, 4.69) is 0 Å². The number of rotatable bonds is 5. The van der Waals surface area contributed by atoms with Crippen molar-refractivity contribution in [2.45, 2.75) is 0 Å². The summed E-state index contributed by atoms with van der Waals surface area (Å²) in [5.41, 5.74) is 0. The minimum absolute atomic E-state index is 0.000231. The molecule has 0 radical (unpaired) electrons. The van der Waals surface area contributed by atoms with E-state index in [4.69, 9.17) is 10.2 Å². The second kappa shape index (κ2) is 5.69. The molecule has 0 unspecified atom stereocenters.